The van der Waals surface area contributed by atoms with Crippen LogP contribution in [-0.4, -0.2) is 24.5 Å². The number of aromatic carboxylic acids is 1. The highest BCUT2D eigenvalue weighted by atomic mass is 32.2. The van der Waals surface area contributed by atoms with Crippen LogP contribution in [0.1, 0.15) is 15.9 Å². The van der Waals surface area contributed by atoms with Gasteiger partial charge in [0, 0.05) is 18.1 Å². The number of nitrogens with zero attached hydrogens (tertiary/aromatic N) is 1. The number of carboxylic acid groups (broad SMARTS) is 1. The number of carbonyl (C=O) groups is 1. The molecule has 0 radical (unpaired) electrons. The van der Waals surface area contributed by atoms with Crippen LogP contribution in [0.4, 0.5) is 0 Å². The summed E-state index contributed by atoms with van der Waals surface area (Å²) < 4.78 is 27.2. The molecule has 122 valence electrons. The third-order valence-corrected chi connectivity index (χ3v) is 5.02. The third-order valence-electron chi connectivity index (χ3n) is 3.60. The maximum absolute atomic E-state index is 12.3. The van der Waals surface area contributed by atoms with Crippen LogP contribution < -0.4 is 4.72 Å². The Bertz CT molecular complexity index is 993. The van der Waals surface area contributed by atoms with E-state index >= 15 is 0 Å². The molecule has 2 aromatic carbocycles. The lowest BCUT2D eigenvalue weighted by Gasteiger charge is -2.09. The fourth-order valence-corrected chi connectivity index (χ4v) is 3.35. The van der Waals surface area contributed by atoms with Gasteiger partial charge in [-0.15, -0.1) is 0 Å². The monoisotopic (exact) mass is 342 g/mol. The van der Waals surface area contributed by atoms with Crippen molar-refractivity contribution in [2.45, 2.75) is 11.4 Å². The van der Waals surface area contributed by atoms with Crippen LogP contribution in [0.15, 0.2) is 65.7 Å². The molecule has 0 amide bonds. The fourth-order valence-electron chi connectivity index (χ4n) is 2.34. The number of pyridine rings is 1. The van der Waals surface area contributed by atoms with Crippen molar-refractivity contribution < 1.29 is 18.3 Å². The predicted octanol–water partition coefficient (Wildman–Crippen LogP) is 2.41. The van der Waals surface area contributed by atoms with Crippen LogP contribution in [0.2, 0.25) is 0 Å². The Morgan fingerprint density at radius 3 is 2.46 bits per heavy atom. The first-order valence-corrected chi connectivity index (χ1v) is 8.61. The molecule has 0 unspecified atom stereocenters. The zero-order valence-corrected chi connectivity index (χ0v) is 13.3. The van der Waals surface area contributed by atoms with Crippen LogP contribution in [0.25, 0.3) is 10.9 Å². The van der Waals surface area contributed by atoms with Crippen LogP contribution in [0.3, 0.4) is 0 Å². The van der Waals surface area contributed by atoms with Crippen molar-refractivity contribution in [2.75, 3.05) is 0 Å². The van der Waals surface area contributed by atoms with Gasteiger partial charge in [-0.2, -0.15) is 0 Å². The minimum absolute atomic E-state index is 0.0193. The maximum Gasteiger partial charge on any atom is 0.335 e. The number of rotatable bonds is 5. The van der Waals surface area contributed by atoms with Crippen molar-refractivity contribution >= 4 is 26.9 Å². The first kappa shape index (κ1) is 16.1. The molecule has 0 spiro atoms. The molecule has 0 saturated heterocycles. The highest BCUT2D eigenvalue weighted by molar-refractivity contribution is 7.89. The normalized spacial score (nSPS) is 11.5. The van der Waals surface area contributed by atoms with E-state index in [2.05, 4.69) is 9.71 Å². The second-order valence-corrected chi connectivity index (χ2v) is 6.91. The zero-order chi connectivity index (χ0) is 17.2. The molecule has 24 heavy (non-hydrogen) atoms. The van der Waals surface area contributed by atoms with Crippen molar-refractivity contribution in [3.8, 4) is 0 Å². The summed E-state index contributed by atoms with van der Waals surface area (Å²) in [5.74, 6) is -1.10. The van der Waals surface area contributed by atoms with Gasteiger partial charge in [0.25, 0.3) is 0 Å². The summed E-state index contributed by atoms with van der Waals surface area (Å²) in [5.41, 5.74) is 1.64. The Morgan fingerprint density at radius 2 is 1.75 bits per heavy atom. The van der Waals surface area contributed by atoms with E-state index in [0.29, 0.717) is 0 Å². The second kappa shape index (κ2) is 6.38. The van der Waals surface area contributed by atoms with Crippen LogP contribution in [0.5, 0.6) is 0 Å². The van der Waals surface area contributed by atoms with Gasteiger partial charge in [0.2, 0.25) is 10.0 Å². The quantitative estimate of drug-likeness (QED) is 0.742. The van der Waals surface area contributed by atoms with Crippen LogP contribution in [0, 0.1) is 0 Å². The van der Waals surface area contributed by atoms with E-state index in [0.717, 1.165) is 16.5 Å². The molecule has 2 N–H and O–H groups in total. The largest absolute Gasteiger partial charge is 0.478 e. The number of hydrogen-bond donors (Lipinski definition) is 2. The fraction of sp³-hybridized carbons (Fsp3) is 0.0588. The second-order valence-electron chi connectivity index (χ2n) is 5.14. The summed E-state index contributed by atoms with van der Waals surface area (Å²) in [5, 5.41) is 9.74. The summed E-state index contributed by atoms with van der Waals surface area (Å²) >= 11 is 0. The van der Waals surface area contributed by atoms with E-state index in [1.54, 1.807) is 12.3 Å². The van der Waals surface area contributed by atoms with Crippen molar-refractivity contribution in [1.82, 2.24) is 9.71 Å². The number of hydrogen-bond acceptors (Lipinski definition) is 4. The molecule has 0 aliphatic rings. The third kappa shape index (κ3) is 3.27. The Balaban J connectivity index is 1.83. The summed E-state index contributed by atoms with van der Waals surface area (Å²) in [6.07, 6.45) is 1.63. The van der Waals surface area contributed by atoms with E-state index < -0.39 is 16.0 Å². The Morgan fingerprint density at radius 1 is 1.04 bits per heavy atom. The molecule has 0 atom stereocenters. The summed E-state index contributed by atoms with van der Waals surface area (Å²) in [7, 11) is -3.73. The molecule has 0 aliphatic heterocycles. The maximum atomic E-state index is 12.3. The number of fused-ring (bicyclic) bond motifs is 1. The van der Waals surface area contributed by atoms with Gasteiger partial charge in [0.15, 0.2) is 0 Å². The van der Waals surface area contributed by atoms with Crippen LogP contribution >= 0.6 is 0 Å². The average Bonchev–Trinajstić information content (AvgIpc) is 2.60. The smallest absolute Gasteiger partial charge is 0.335 e. The zero-order valence-electron chi connectivity index (χ0n) is 12.5. The Labute approximate surface area is 138 Å². The molecule has 1 aromatic heterocycles. The standard InChI is InChI=1S/C17H14N2O4S/c20-17(21)12-5-7-14(8-6-12)24(22,23)19-11-13-9-10-18-16-4-2-1-3-15(13)16/h1-10,19H,11H2,(H,20,21). The van der Waals surface area contributed by atoms with E-state index in [4.69, 9.17) is 5.11 Å². The van der Waals surface area contributed by atoms with Gasteiger partial charge in [0.1, 0.15) is 0 Å². The number of nitrogens with one attached hydrogen (secondary N) is 1. The average molecular weight is 342 g/mol. The molecular weight excluding hydrogens is 328 g/mol. The van der Waals surface area contributed by atoms with Crippen molar-refractivity contribution in [3.05, 3.63) is 71.9 Å². The van der Waals surface area contributed by atoms with Crippen molar-refractivity contribution in [2.24, 2.45) is 0 Å². The molecule has 6 nitrogen and oxygen atoms in total. The van der Waals surface area contributed by atoms with E-state index in [1.807, 2.05) is 24.3 Å². The lowest BCUT2D eigenvalue weighted by molar-refractivity contribution is 0.0696. The molecule has 3 aromatic rings. The van der Waals surface area contributed by atoms with Crippen molar-refractivity contribution in [1.29, 1.82) is 0 Å². The van der Waals surface area contributed by atoms with E-state index in [9.17, 15) is 13.2 Å². The summed E-state index contributed by atoms with van der Waals surface area (Å²) in [6.45, 7) is 0.117. The number of benzene rings is 2. The van der Waals surface area contributed by atoms with E-state index in [1.165, 1.54) is 24.3 Å². The number of aromatic nitrogens is 1. The molecule has 3 rings (SSSR count). The molecule has 7 heteroatoms. The van der Waals surface area contributed by atoms with Gasteiger partial charge in [0.05, 0.1) is 16.0 Å². The first-order valence-electron chi connectivity index (χ1n) is 7.13. The first-order chi connectivity index (χ1) is 11.5. The lowest BCUT2D eigenvalue weighted by Crippen LogP contribution is -2.23. The Kier molecular flexibility index (Phi) is 4.28. The topological polar surface area (TPSA) is 96.4 Å². The lowest BCUT2D eigenvalue weighted by atomic mass is 10.1. The van der Waals surface area contributed by atoms with Gasteiger partial charge in [-0.05, 0) is 42.0 Å². The number of carboxylic acids is 1. The van der Waals surface area contributed by atoms with Gasteiger partial charge < -0.3 is 5.11 Å². The number of sulfonamides is 1. The number of para-hydroxylation sites is 1. The van der Waals surface area contributed by atoms with Gasteiger partial charge in [-0.3, -0.25) is 4.98 Å². The minimum Gasteiger partial charge on any atom is -0.478 e. The minimum atomic E-state index is -3.73. The molecule has 0 aliphatic carbocycles. The van der Waals surface area contributed by atoms with Gasteiger partial charge >= 0.3 is 5.97 Å². The highest BCUT2D eigenvalue weighted by Gasteiger charge is 2.15. The molecular formula is C17H14N2O4S. The molecule has 0 saturated carbocycles. The van der Waals surface area contributed by atoms with Gasteiger partial charge in [-0.25, -0.2) is 17.9 Å². The Hall–Kier alpha value is -2.77. The highest BCUT2D eigenvalue weighted by Crippen LogP contribution is 2.17. The SMILES string of the molecule is O=C(O)c1ccc(S(=O)(=O)NCc2ccnc3ccccc23)cc1. The predicted molar refractivity (Wildman–Crippen MR) is 89.2 cm³/mol. The van der Waals surface area contributed by atoms with E-state index in [-0.39, 0.29) is 17.0 Å². The van der Waals surface area contributed by atoms with Gasteiger partial charge in [-0.1, -0.05) is 18.2 Å². The molecule has 1 heterocycles. The summed E-state index contributed by atoms with van der Waals surface area (Å²) in [4.78, 5) is 15.1. The van der Waals surface area contributed by atoms with Crippen molar-refractivity contribution in [3.63, 3.8) is 0 Å². The summed E-state index contributed by atoms with van der Waals surface area (Å²) in [6, 6.07) is 14.3. The molecule has 0 fully saturated rings. The molecule has 0 bridgehead atoms. The van der Waals surface area contributed by atoms with Crippen LogP contribution in [-0.2, 0) is 16.6 Å².